The van der Waals surface area contributed by atoms with Gasteiger partial charge in [-0.15, -0.1) is 0 Å². The average molecular weight is 1240 g/mol. The number of methoxy groups -OCH3 is 2. The number of nitrogens with zero attached hydrogens (tertiary/aromatic N) is 4. The number of hydrogen-bond acceptors (Lipinski definition) is 14. The molecule has 3 heterocycles. The molecule has 0 amide bonds. The van der Waals surface area contributed by atoms with Gasteiger partial charge in [-0.1, -0.05) is 40.9 Å². The van der Waals surface area contributed by atoms with Crippen molar-refractivity contribution in [2.75, 3.05) is 14.2 Å². The lowest BCUT2D eigenvalue weighted by atomic mass is 9.77. The molecule has 0 saturated carbocycles. The Bertz CT molecular complexity index is 4180. The number of halogens is 13. The molecule has 2 aromatic heterocycles. The highest BCUT2D eigenvalue weighted by molar-refractivity contribution is 7.87. The number of nitriles is 2. The van der Waals surface area contributed by atoms with Crippen LogP contribution < -0.4 is 23.3 Å². The van der Waals surface area contributed by atoms with Crippen LogP contribution in [0.15, 0.2) is 95.0 Å². The maximum atomic E-state index is 13.9. The minimum absolute atomic E-state index is 0.0760. The Morgan fingerprint density at radius 2 is 0.915 bits per heavy atom. The molecule has 8 aromatic rings. The summed E-state index contributed by atoms with van der Waals surface area (Å²) in [6.07, 6.45) is 2.60. The molecule has 0 atom stereocenters. The third-order valence-electron chi connectivity index (χ3n) is 12.3. The number of ether oxygens (including phenoxy) is 2. The van der Waals surface area contributed by atoms with Crippen LogP contribution in [0.25, 0.3) is 32.8 Å². The zero-order valence-electron chi connectivity index (χ0n) is 42.3. The van der Waals surface area contributed by atoms with Crippen molar-refractivity contribution >= 4 is 89.2 Å². The first kappa shape index (κ1) is 62.0. The summed E-state index contributed by atoms with van der Waals surface area (Å²) in [5.74, 6) is -27.0. The summed E-state index contributed by atoms with van der Waals surface area (Å²) in [6, 6.07) is 19.5. The molecule has 0 spiro atoms. The van der Waals surface area contributed by atoms with E-state index in [1.807, 2.05) is 33.8 Å². The summed E-state index contributed by atoms with van der Waals surface area (Å²) in [6.45, 7) is 7.89. The van der Waals surface area contributed by atoms with Crippen molar-refractivity contribution in [1.82, 2.24) is 9.97 Å². The van der Waals surface area contributed by atoms with Gasteiger partial charge in [0.05, 0.1) is 52.3 Å². The van der Waals surface area contributed by atoms with E-state index in [1.165, 1.54) is 55.9 Å². The van der Waals surface area contributed by atoms with Crippen molar-refractivity contribution in [1.29, 1.82) is 10.5 Å². The van der Waals surface area contributed by atoms with Crippen molar-refractivity contribution < 1.29 is 87.9 Å². The van der Waals surface area contributed by atoms with Crippen LogP contribution >= 0.6 is 34.8 Å². The van der Waals surface area contributed by atoms with Crippen LogP contribution in [-0.4, -0.2) is 59.3 Å². The fraction of sp³-hybridized carbons (Fsp3) is 0.154. The summed E-state index contributed by atoms with van der Waals surface area (Å²) in [5, 5.41) is 20.3. The normalized spacial score (nSPS) is 13.5. The van der Waals surface area contributed by atoms with Gasteiger partial charge in [-0.05, 0) is 99.1 Å². The first-order chi connectivity index (χ1) is 38.3. The highest BCUT2D eigenvalue weighted by atomic mass is 35.5. The van der Waals surface area contributed by atoms with Gasteiger partial charge >= 0.3 is 27.4 Å². The van der Waals surface area contributed by atoms with E-state index in [0.29, 0.717) is 43.5 Å². The van der Waals surface area contributed by atoms with Crippen LogP contribution in [0.4, 0.5) is 43.9 Å². The Balaban J connectivity index is 0.000000186. The first-order valence-electron chi connectivity index (χ1n) is 22.6. The highest BCUT2D eigenvalue weighted by Crippen LogP contribution is 2.40. The van der Waals surface area contributed by atoms with Gasteiger partial charge in [0.1, 0.15) is 38.6 Å². The smallest absolute Gasteiger partial charge is 0.497 e. The summed E-state index contributed by atoms with van der Waals surface area (Å²) in [4.78, 5) is 6.83. The van der Waals surface area contributed by atoms with E-state index in [9.17, 15) is 66.0 Å². The van der Waals surface area contributed by atoms with Crippen LogP contribution in [0.5, 0.6) is 23.0 Å². The lowest BCUT2D eigenvalue weighted by Crippen LogP contribution is -2.41. The van der Waals surface area contributed by atoms with Gasteiger partial charge in [0, 0.05) is 40.3 Å². The molecule has 82 heavy (non-hydrogen) atoms. The van der Waals surface area contributed by atoms with Crippen molar-refractivity contribution in [2.24, 2.45) is 0 Å². The van der Waals surface area contributed by atoms with Crippen LogP contribution in [0.2, 0.25) is 15.2 Å². The zero-order chi connectivity index (χ0) is 60.7. The number of aromatic nitrogens is 2. The van der Waals surface area contributed by atoms with E-state index in [0.717, 1.165) is 24.3 Å². The van der Waals surface area contributed by atoms with Crippen molar-refractivity contribution in [2.45, 2.75) is 48.7 Å². The SMILES string of the molecule is COc1cc(Cl)c(C#N)cc1-c1nccc2cc(S(=O)(=O)Oc3c(F)c(F)c(F)c(F)c3F)ccc12.COc1cc(Cl)c(C#N)cc1B1OC(C)(C)C(C)(C)O1.O=S(=O)(Oc1c(F)c(F)c(F)c(F)c1F)c1ccc2c(Cl)nccc2c1. The Morgan fingerprint density at radius 3 is 1.35 bits per heavy atom. The molecule has 426 valence electrons. The van der Waals surface area contributed by atoms with Crippen molar-refractivity contribution in [3.63, 3.8) is 0 Å². The molecule has 0 bridgehead atoms. The van der Waals surface area contributed by atoms with Crippen LogP contribution in [0.3, 0.4) is 0 Å². The third-order valence-corrected chi connectivity index (χ3v) is 15.7. The number of rotatable bonds is 10. The standard InChI is InChI=1S/C23H10ClF5N2O4S.C15H5ClF5NO3S.C14H17BClNO3/c1-34-16-8-15(24)11(9-30)7-14(16)22-13-3-2-12(6-10(13)4-5-31-22)36(32,33)35-23-20(28)18(26)17(25)19(27)21(23)29;16-15-8-2-1-7(5-6(8)3-4-22-15)26(23,24)25-14-12(20)10(18)9(17)11(19)13(14)21;1-13(2)14(3,4)20-15(19-13)10-6-9(8-17)11(16)7-12(10)18-5/h2-8H,1H3;1-5H;6-7H,1-5H3. The molecule has 9 rings (SSSR count). The molecule has 1 saturated heterocycles. The topological polar surface area (TPSA) is 197 Å². The molecular weight excluding hydrogens is 1210 g/mol. The van der Waals surface area contributed by atoms with Gasteiger partial charge < -0.3 is 27.1 Å². The van der Waals surface area contributed by atoms with Crippen LogP contribution in [-0.2, 0) is 29.5 Å². The van der Waals surface area contributed by atoms with Gasteiger partial charge in [-0.25, -0.2) is 31.3 Å². The fourth-order valence-electron chi connectivity index (χ4n) is 7.42. The second kappa shape index (κ2) is 23.7. The average Bonchev–Trinajstić information content (AvgIpc) is 3.91. The van der Waals surface area contributed by atoms with Gasteiger partial charge in [0.25, 0.3) is 0 Å². The third kappa shape index (κ3) is 12.0. The maximum Gasteiger partial charge on any atom is 0.498 e. The van der Waals surface area contributed by atoms with Gasteiger partial charge in [-0.2, -0.15) is 44.9 Å². The summed E-state index contributed by atoms with van der Waals surface area (Å²) in [7, 11) is -7.62. The molecule has 14 nitrogen and oxygen atoms in total. The zero-order valence-corrected chi connectivity index (χ0v) is 46.2. The molecule has 1 aliphatic rings. The Hall–Kier alpha value is -7.63. The number of pyridine rings is 2. The van der Waals surface area contributed by atoms with Crippen molar-refractivity contribution in [3.8, 4) is 46.4 Å². The predicted molar refractivity (Wildman–Crippen MR) is 277 cm³/mol. The Kier molecular flexibility index (Phi) is 17.9. The number of fused-ring (bicyclic) bond motifs is 2. The molecule has 1 fully saturated rings. The molecule has 1 aliphatic heterocycles. The molecule has 0 aliphatic carbocycles. The summed E-state index contributed by atoms with van der Waals surface area (Å²) in [5.41, 5.74) is 0.912. The molecule has 30 heteroatoms. The quantitative estimate of drug-likeness (QED) is 0.0313. The van der Waals surface area contributed by atoms with E-state index in [2.05, 4.69) is 24.4 Å². The predicted octanol–water partition coefficient (Wildman–Crippen LogP) is 12.8. The van der Waals surface area contributed by atoms with E-state index in [1.54, 1.807) is 19.2 Å². The highest BCUT2D eigenvalue weighted by Gasteiger charge is 2.52. The van der Waals surface area contributed by atoms with E-state index >= 15 is 0 Å². The number of benzene rings is 6. The molecular formula is C52H32BCl3F10N4O10S2. The minimum atomic E-state index is -5.04. The fourth-order valence-corrected chi connectivity index (χ4v) is 9.97. The van der Waals surface area contributed by atoms with E-state index < -0.39 is 118 Å². The molecule has 0 radical (unpaired) electrons. The second-order valence-electron chi connectivity index (χ2n) is 17.8. The Labute approximate surface area is 474 Å². The Morgan fingerprint density at radius 1 is 0.524 bits per heavy atom. The van der Waals surface area contributed by atoms with Gasteiger partial charge in [0.15, 0.2) is 0 Å². The molecule has 0 unspecified atom stereocenters. The summed E-state index contributed by atoms with van der Waals surface area (Å²) < 4.78 is 215. The maximum absolute atomic E-state index is 13.9. The largest absolute Gasteiger partial charge is 0.498 e. The van der Waals surface area contributed by atoms with E-state index in [4.69, 9.17) is 58.8 Å². The molecule has 6 aromatic carbocycles. The molecule has 0 N–H and O–H groups in total. The summed E-state index contributed by atoms with van der Waals surface area (Å²) >= 11 is 17.9. The monoisotopic (exact) mass is 1240 g/mol. The van der Waals surface area contributed by atoms with Crippen LogP contribution in [0, 0.1) is 80.8 Å². The van der Waals surface area contributed by atoms with Crippen LogP contribution in [0.1, 0.15) is 38.8 Å². The minimum Gasteiger partial charge on any atom is -0.497 e. The van der Waals surface area contributed by atoms with E-state index in [-0.39, 0.29) is 32.6 Å². The van der Waals surface area contributed by atoms with Gasteiger partial charge in [0.2, 0.25) is 69.7 Å². The first-order valence-corrected chi connectivity index (χ1v) is 26.6. The number of hydrogen-bond donors (Lipinski definition) is 0. The lowest BCUT2D eigenvalue weighted by molar-refractivity contribution is 0.00578. The van der Waals surface area contributed by atoms with Gasteiger partial charge in [-0.3, -0.25) is 4.98 Å². The second-order valence-corrected chi connectivity index (χ2v) is 22.1. The van der Waals surface area contributed by atoms with Crippen molar-refractivity contribution in [3.05, 3.63) is 170 Å². The lowest BCUT2D eigenvalue weighted by Gasteiger charge is -2.32.